The third-order valence-electron chi connectivity index (χ3n) is 3.80. The van der Waals surface area contributed by atoms with Gasteiger partial charge in [-0.1, -0.05) is 22.9 Å². The Bertz CT molecular complexity index is 394. The van der Waals surface area contributed by atoms with E-state index in [0.717, 1.165) is 35.8 Å². The van der Waals surface area contributed by atoms with E-state index in [1.165, 1.54) is 6.54 Å². The molecule has 1 aliphatic heterocycles. The summed E-state index contributed by atoms with van der Waals surface area (Å²) in [6, 6.07) is 8.69. The molecule has 0 aliphatic carbocycles. The largest absolute Gasteiger partial charge is 0.492 e. The van der Waals surface area contributed by atoms with E-state index >= 15 is 0 Å². The molecule has 0 spiro atoms. The van der Waals surface area contributed by atoms with Crippen LogP contribution < -0.4 is 4.74 Å². The van der Waals surface area contributed by atoms with E-state index in [1.807, 2.05) is 24.3 Å². The van der Waals surface area contributed by atoms with Crippen molar-refractivity contribution in [2.75, 3.05) is 40.3 Å². The summed E-state index contributed by atoms with van der Waals surface area (Å²) in [6.45, 7) is 6.42. The number of likely N-dealkylation sites (tertiary alicyclic amines) is 1. The van der Waals surface area contributed by atoms with Crippen molar-refractivity contribution in [3.63, 3.8) is 0 Å². The van der Waals surface area contributed by atoms with Crippen molar-refractivity contribution in [3.05, 3.63) is 28.7 Å². The summed E-state index contributed by atoms with van der Waals surface area (Å²) in [5.74, 6) is 1.68. The van der Waals surface area contributed by atoms with Crippen LogP contribution in [0.15, 0.2) is 28.7 Å². The Kier molecular flexibility index (Phi) is 5.25. The van der Waals surface area contributed by atoms with E-state index in [4.69, 9.17) is 4.74 Å². The first-order valence-corrected chi connectivity index (χ1v) is 7.62. The summed E-state index contributed by atoms with van der Waals surface area (Å²) >= 11 is 3.43. The molecule has 1 aromatic carbocycles. The number of benzene rings is 1. The molecular weight excluding hydrogens is 304 g/mol. The highest BCUT2D eigenvalue weighted by molar-refractivity contribution is 9.10. The smallest absolute Gasteiger partial charge is 0.119 e. The lowest BCUT2D eigenvalue weighted by molar-refractivity contribution is 0.220. The minimum Gasteiger partial charge on any atom is -0.492 e. The Morgan fingerprint density at radius 3 is 2.53 bits per heavy atom. The first-order chi connectivity index (χ1) is 9.06. The molecule has 2 atom stereocenters. The number of hydrogen-bond donors (Lipinski definition) is 0. The van der Waals surface area contributed by atoms with Crippen LogP contribution in [0.2, 0.25) is 0 Å². The van der Waals surface area contributed by atoms with Gasteiger partial charge in [-0.3, -0.25) is 4.90 Å². The molecule has 4 heteroatoms. The molecule has 0 aromatic heterocycles. The standard InChI is InChI=1S/C15H23BrN2O/c1-12-10-18(11-15(12)17(2)3)8-9-19-14-6-4-13(16)5-7-14/h4-7,12,15H,8-11H2,1-3H3. The van der Waals surface area contributed by atoms with Crippen LogP contribution in [0, 0.1) is 5.92 Å². The van der Waals surface area contributed by atoms with Crippen molar-refractivity contribution in [1.29, 1.82) is 0 Å². The molecule has 0 N–H and O–H groups in total. The van der Waals surface area contributed by atoms with Crippen molar-refractivity contribution in [1.82, 2.24) is 9.80 Å². The molecule has 106 valence electrons. The monoisotopic (exact) mass is 326 g/mol. The van der Waals surface area contributed by atoms with Crippen LogP contribution in [0.5, 0.6) is 5.75 Å². The fourth-order valence-electron chi connectivity index (χ4n) is 2.73. The molecule has 0 radical (unpaired) electrons. The maximum atomic E-state index is 5.78. The topological polar surface area (TPSA) is 15.7 Å². The third kappa shape index (κ3) is 4.20. The Morgan fingerprint density at radius 1 is 1.26 bits per heavy atom. The van der Waals surface area contributed by atoms with Gasteiger partial charge in [-0.25, -0.2) is 0 Å². The number of rotatable bonds is 5. The zero-order chi connectivity index (χ0) is 13.8. The Balaban J connectivity index is 1.73. The van der Waals surface area contributed by atoms with Gasteiger partial charge in [-0.2, -0.15) is 0 Å². The Labute approximate surface area is 124 Å². The highest BCUT2D eigenvalue weighted by Crippen LogP contribution is 2.20. The summed E-state index contributed by atoms with van der Waals surface area (Å²) in [5, 5.41) is 0. The van der Waals surface area contributed by atoms with Crippen LogP contribution in [-0.2, 0) is 0 Å². The minimum absolute atomic E-state index is 0.674. The molecule has 3 nitrogen and oxygen atoms in total. The van der Waals surface area contributed by atoms with Gasteiger partial charge in [0.2, 0.25) is 0 Å². The summed E-state index contributed by atoms with van der Waals surface area (Å²) < 4.78 is 6.86. The third-order valence-corrected chi connectivity index (χ3v) is 4.33. The van der Waals surface area contributed by atoms with Gasteiger partial charge >= 0.3 is 0 Å². The van der Waals surface area contributed by atoms with Crippen molar-refractivity contribution in [2.45, 2.75) is 13.0 Å². The van der Waals surface area contributed by atoms with Crippen LogP contribution in [0.25, 0.3) is 0 Å². The minimum atomic E-state index is 0.674. The van der Waals surface area contributed by atoms with E-state index in [-0.39, 0.29) is 0 Å². The van der Waals surface area contributed by atoms with Gasteiger partial charge in [0.1, 0.15) is 12.4 Å². The molecule has 1 aliphatic rings. The molecule has 1 fully saturated rings. The maximum absolute atomic E-state index is 5.78. The van der Waals surface area contributed by atoms with E-state index in [0.29, 0.717) is 6.04 Å². The predicted molar refractivity (Wildman–Crippen MR) is 82.7 cm³/mol. The van der Waals surface area contributed by atoms with Crippen LogP contribution in [-0.4, -0.2) is 56.2 Å². The maximum Gasteiger partial charge on any atom is 0.119 e. The van der Waals surface area contributed by atoms with Gasteiger partial charge in [-0.15, -0.1) is 0 Å². The van der Waals surface area contributed by atoms with Gasteiger partial charge < -0.3 is 9.64 Å². The molecule has 0 saturated carbocycles. The zero-order valence-corrected chi connectivity index (χ0v) is 13.6. The summed E-state index contributed by atoms with van der Waals surface area (Å²) in [5.41, 5.74) is 0. The molecule has 2 rings (SSSR count). The SMILES string of the molecule is CC1CN(CCOc2ccc(Br)cc2)CC1N(C)C. The quantitative estimate of drug-likeness (QED) is 0.827. The number of likely N-dealkylation sites (N-methyl/N-ethyl adjacent to an activating group) is 1. The number of nitrogens with zero attached hydrogens (tertiary/aromatic N) is 2. The van der Waals surface area contributed by atoms with Gasteiger partial charge in [0, 0.05) is 30.1 Å². The number of halogens is 1. The van der Waals surface area contributed by atoms with Gasteiger partial charge in [0.25, 0.3) is 0 Å². The lowest BCUT2D eigenvalue weighted by atomic mass is 10.1. The van der Waals surface area contributed by atoms with Crippen molar-refractivity contribution < 1.29 is 4.74 Å². The molecule has 2 unspecified atom stereocenters. The van der Waals surface area contributed by atoms with Crippen molar-refractivity contribution >= 4 is 15.9 Å². The van der Waals surface area contributed by atoms with E-state index < -0.39 is 0 Å². The molecule has 1 heterocycles. The van der Waals surface area contributed by atoms with Crippen molar-refractivity contribution in [3.8, 4) is 5.75 Å². The van der Waals surface area contributed by atoms with Crippen LogP contribution in [0.3, 0.4) is 0 Å². The van der Waals surface area contributed by atoms with E-state index in [2.05, 4.69) is 46.7 Å². The molecule has 0 amide bonds. The van der Waals surface area contributed by atoms with Gasteiger partial charge in [-0.05, 0) is 44.3 Å². The second kappa shape index (κ2) is 6.73. The summed E-state index contributed by atoms with van der Waals surface area (Å²) in [4.78, 5) is 4.83. The second-order valence-corrected chi connectivity index (χ2v) is 6.49. The normalized spacial score (nSPS) is 24.1. The lowest BCUT2D eigenvalue weighted by Gasteiger charge is -2.22. The number of hydrogen-bond acceptors (Lipinski definition) is 3. The zero-order valence-electron chi connectivity index (χ0n) is 12.0. The molecule has 0 bridgehead atoms. The predicted octanol–water partition coefficient (Wildman–Crippen LogP) is 2.71. The average molecular weight is 327 g/mol. The Hall–Kier alpha value is -0.580. The first-order valence-electron chi connectivity index (χ1n) is 6.83. The van der Waals surface area contributed by atoms with Crippen LogP contribution >= 0.6 is 15.9 Å². The second-order valence-electron chi connectivity index (χ2n) is 5.57. The summed E-state index contributed by atoms with van der Waals surface area (Å²) in [7, 11) is 4.34. The Morgan fingerprint density at radius 2 is 1.95 bits per heavy atom. The lowest BCUT2D eigenvalue weighted by Crippen LogP contribution is -2.35. The average Bonchev–Trinajstić information content (AvgIpc) is 2.73. The number of ether oxygens (including phenoxy) is 1. The first kappa shape index (κ1) is 14.8. The van der Waals surface area contributed by atoms with E-state index in [9.17, 15) is 0 Å². The van der Waals surface area contributed by atoms with Crippen molar-refractivity contribution in [2.24, 2.45) is 5.92 Å². The highest BCUT2D eigenvalue weighted by atomic mass is 79.9. The summed E-state index contributed by atoms with van der Waals surface area (Å²) in [6.07, 6.45) is 0. The fraction of sp³-hybridized carbons (Fsp3) is 0.600. The molecular formula is C15H23BrN2O. The van der Waals surface area contributed by atoms with E-state index in [1.54, 1.807) is 0 Å². The van der Waals surface area contributed by atoms with Gasteiger partial charge in [0.15, 0.2) is 0 Å². The molecule has 1 saturated heterocycles. The van der Waals surface area contributed by atoms with Gasteiger partial charge in [0.05, 0.1) is 0 Å². The molecule has 19 heavy (non-hydrogen) atoms. The highest BCUT2D eigenvalue weighted by Gasteiger charge is 2.30. The van der Waals surface area contributed by atoms with Crippen LogP contribution in [0.1, 0.15) is 6.92 Å². The van der Waals surface area contributed by atoms with Crippen LogP contribution in [0.4, 0.5) is 0 Å². The molecule has 1 aromatic rings. The fourth-order valence-corrected chi connectivity index (χ4v) is 2.99.